The van der Waals surface area contributed by atoms with Crippen molar-refractivity contribution in [3.63, 3.8) is 0 Å². The van der Waals surface area contributed by atoms with Crippen molar-refractivity contribution < 1.29 is 38.6 Å². The van der Waals surface area contributed by atoms with Crippen molar-refractivity contribution in [1.29, 1.82) is 0 Å². The van der Waals surface area contributed by atoms with Crippen LogP contribution in [0.4, 0.5) is 10.6 Å². The van der Waals surface area contributed by atoms with Crippen LogP contribution in [0.15, 0.2) is 36.4 Å². The molecule has 0 radical (unpaired) electrons. The number of hydrogen-bond acceptors (Lipinski definition) is 12. The molecule has 3 rings (SSSR count). The summed E-state index contributed by atoms with van der Waals surface area (Å²) in [5.74, 6) is -0.754. The number of hydroxylamine groups is 2. The Morgan fingerprint density at radius 2 is 1.73 bits per heavy atom. The van der Waals surface area contributed by atoms with Gasteiger partial charge in [-0.25, -0.2) is 14.8 Å². The Hall–Kier alpha value is -4.30. The number of hydrogen-bond donors (Lipinski definition) is 3. The molecule has 1 aromatic heterocycles. The van der Waals surface area contributed by atoms with Crippen molar-refractivity contribution in [3.05, 3.63) is 42.1 Å². The molecule has 2 heterocycles. The Morgan fingerprint density at radius 1 is 1.02 bits per heavy atom. The highest BCUT2D eigenvalue weighted by molar-refractivity contribution is 5.97. The molecule has 0 saturated carbocycles. The topological polar surface area (TPSA) is 173 Å². The van der Waals surface area contributed by atoms with Crippen molar-refractivity contribution in [2.24, 2.45) is 0 Å². The molecule has 0 unspecified atom stereocenters. The summed E-state index contributed by atoms with van der Waals surface area (Å²) in [5, 5.41) is 16.5. The molecule has 1 atom stereocenters. The first-order valence-corrected chi connectivity index (χ1v) is 15.2. The normalized spacial score (nSPS) is 14.3. The molecule has 246 valence electrons. The number of nitrogens with zero attached hydrogens (tertiary/aromatic N) is 4. The number of rotatable bonds is 14. The number of benzene rings is 1. The zero-order valence-corrected chi connectivity index (χ0v) is 26.4. The number of amides is 2. The van der Waals surface area contributed by atoms with Gasteiger partial charge < -0.3 is 35.0 Å². The molecule has 14 nitrogen and oxygen atoms in total. The first kappa shape index (κ1) is 35.2. The summed E-state index contributed by atoms with van der Waals surface area (Å²) in [4.78, 5) is 67.3. The van der Waals surface area contributed by atoms with Gasteiger partial charge in [0.2, 0.25) is 5.91 Å². The van der Waals surface area contributed by atoms with Crippen molar-refractivity contribution in [2.45, 2.75) is 65.0 Å². The van der Waals surface area contributed by atoms with Crippen molar-refractivity contribution in [3.8, 4) is 11.4 Å². The predicted octanol–water partition coefficient (Wildman–Crippen LogP) is 2.78. The van der Waals surface area contributed by atoms with Crippen LogP contribution in [0.2, 0.25) is 0 Å². The van der Waals surface area contributed by atoms with Gasteiger partial charge >= 0.3 is 12.1 Å². The SMILES string of the molecule is CCOC(=O)ON1CCN(C(=O)[C@H](CCC(=O)OC(C)(C)C)NC(=O)c2cc(NCCCCO)nc(-c3ccccc3)n2)CC1. The number of aromatic nitrogens is 2. The first-order chi connectivity index (χ1) is 21.5. The van der Waals surface area contributed by atoms with Crippen LogP contribution in [0.3, 0.4) is 0 Å². The van der Waals surface area contributed by atoms with E-state index in [1.807, 2.05) is 30.3 Å². The molecule has 1 saturated heterocycles. The van der Waals surface area contributed by atoms with Gasteiger partial charge in [0.05, 0.1) is 19.7 Å². The molecule has 45 heavy (non-hydrogen) atoms. The van der Waals surface area contributed by atoms with E-state index in [9.17, 15) is 19.2 Å². The molecule has 1 aromatic carbocycles. The number of unbranched alkanes of at least 4 members (excludes halogenated alkanes) is 1. The third-order valence-corrected chi connectivity index (χ3v) is 6.56. The van der Waals surface area contributed by atoms with E-state index >= 15 is 0 Å². The van der Waals surface area contributed by atoms with Crippen LogP contribution in [0.25, 0.3) is 11.4 Å². The maximum Gasteiger partial charge on any atom is 0.527 e. The van der Waals surface area contributed by atoms with Gasteiger partial charge in [-0.05, 0) is 47.0 Å². The van der Waals surface area contributed by atoms with Crippen LogP contribution in [0.5, 0.6) is 0 Å². The van der Waals surface area contributed by atoms with Gasteiger partial charge in [-0.2, -0.15) is 0 Å². The lowest BCUT2D eigenvalue weighted by atomic mass is 10.1. The largest absolute Gasteiger partial charge is 0.527 e. The molecule has 0 bridgehead atoms. The second-order valence-electron chi connectivity index (χ2n) is 11.4. The fourth-order valence-corrected chi connectivity index (χ4v) is 4.44. The van der Waals surface area contributed by atoms with Crippen LogP contribution < -0.4 is 10.6 Å². The van der Waals surface area contributed by atoms with E-state index in [1.54, 1.807) is 32.6 Å². The minimum absolute atomic E-state index is 0.00190. The molecular formula is C31H44N6O8. The number of aliphatic hydroxyl groups excluding tert-OH is 1. The Morgan fingerprint density at radius 3 is 2.38 bits per heavy atom. The van der Waals surface area contributed by atoms with E-state index < -0.39 is 29.7 Å². The lowest BCUT2D eigenvalue weighted by molar-refractivity contribution is -0.158. The average Bonchev–Trinajstić information content (AvgIpc) is 3.01. The molecule has 0 spiro atoms. The summed E-state index contributed by atoms with van der Waals surface area (Å²) in [6, 6.07) is 9.62. The zero-order valence-electron chi connectivity index (χ0n) is 26.4. The van der Waals surface area contributed by atoms with E-state index in [-0.39, 0.29) is 63.8 Å². The maximum atomic E-state index is 13.7. The monoisotopic (exact) mass is 628 g/mol. The zero-order chi connectivity index (χ0) is 32.8. The van der Waals surface area contributed by atoms with E-state index in [0.717, 1.165) is 0 Å². The number of piperazine rings is 1. The van der Waals surface area contributed by atoms with Gasteiger partial charge in [-0.1, -0.05) is 30.3 Å². The highest BCUT2D eigenvalue weighted by atomic mass is 16.8. The van der Waals surface area contributed by atoms with Crippen LogP contribution in [0, 0.1) is 0 Å². The summed E-state index contributed by atoms with van der Waals surface area (Å²) >= 11 is 0. The second kappa shape index (κ2) is 17.3. The van der Waals surface area contributed by atoms with Gasteiger partial charge in [0, 0.05) is 44.3 Å². The van der Waals surface area contributed by atoms with Gasteiger partial charge in [-0.15, -0.1) is 5.06 Å². The van der Waals surface area contributed by atoms with Crippen molar-refractivity contribution in [1.82, 2.24) is 25.2 Å². The summed E-state index contributed by atoms with van der Waals surface area (Å²) in [5.41, 5.74) is 0.0343. The first-order valence-electron chi connectivity index (χ1n) is 15.2. The lowest BCUT2D eigenvalue weighted by Gasteiger charge is -2.35. The number of carbonyl (C=O) groups excluding carboxylic acids is 4. The van der Waals surface area contributed by atoms with Crippen LogP contribution >= 0.6 is 0 Å². The number of nitrogens with one attached hydrogen (secondary N) is 2. The lowest BCUT2D eigenvalue weighted by Crippen LogP contribution is -2.55. The molecule has 1 aliphatic rings. The molecule has 1 fully saturated rings. The minimum Gasteiger partial charge on any atom is -0.460 e. The quantitative estimate of drug-likeness (QED) is 0.207. The minimum atomic E-state index is -1.06. The fraction of sp³-hybridized carbons (Fsp3) is 0.548. The number of anilines is 1. The Bertz CT molecular complexity index is 1280. The highest BCUT2D eigenvalue weighted by Gasteiger charge is 2.31. The smallest absolute Gasteiger partial charge is 0.460 e. The molecule has 1 aliphatic heterocycles. The third kappa shape index (κ3) is 12.0. The van der Waals surface area contributed by atoms with Crippen LogP contribution in [0.1, 0.15) is 63.9 Å². The molecular weight excluding hydrogens is 584 g/mol. The summed E-state index contributed by atoms with van der Waals surface area (Å²) < 4.78 is 10.2. The van der Waals surface area contributed by atoms with Gasteiger partial charge in [-0.3, -0.25) is 14.4 Å². The molecule has 0 aliphatic carbocycles. The van der Waals surface area contributed by atoms with Crippen molar-refractivity contribution >= 4 is 29.8 Å². The van der Waals surface area contributed by atoms with E-state index in [0.29, 0.717) is 36.6 Å². The van der Waals surface area contributed by atoms with Gasteiger partial charge in [0.1, 0.15) is 23.2 Å². The summed E-state index contributed by atoms with van der Waals surface area (Å²) in [6.07, 6.45) is 0.393. The molecule has 2 amide bonds. The standard InChI is InChI=1S/C31H44N6O8/c1-5-43-30(42)45-37-18-16-36(17-19-37)29(41)23(13-14-26(39)44-31(2,3)4)34-28(40)24-21-25(32-15-9-10-20-38)35-27(33-24)22-11-7-6-8-12-22/h6-8,11-12,21,23,38H,5,9-10,13-20H2,1-4H3,(H,34,40)(H,32,33,35)/t23-/m0/s1. The van der Waals surface area contributed by atoms with Crippen LogP contribution in [-0.4, -0.2) is 107 Å². The predicted molar refractivity (Wildman–Crippen MR) is 165 cm³/mol. The Balaban J connectivity index is 1.79. The number of esters is 1. The fourth-order valence-electron chi connectivity index (χ4n) is 4.44. The van der Waals surface area contributed by atoms with E-state index in [2.05, 4.69) is 20.6 Å². The van der Waals surface area contributed by atoms with Gasteiger partial charge in [0.15, 0.2) is 5.82 Å². The molecule has 2 aromatic rings. The summed E-state index contributed by atoms with van der Waals surface area (Å²) in [7, 11) is 0. The number of ether oxygens (including phenoxy) is 2. The van der Waals surface area contributed by atoms with Crippen molar-refractivity contribution in [2.75, 3.05) is 51.3 Å². The highest BCUT2D eigenvalue weighted by Crippen LogP contribution is 2.19. The summed E-state index contributed by atoms with van der Waals surface area (Å²) in [6.45, 7) is 8.64. The second-order valence-corrected chi connectivity index (χ2v) is 11.4. The Kier molecular flexibility index (Phi) is 13.5. The molecule has 3 N–H and O–H groups in total. The molecule has 14 heteroatoms. The third-order valence-electron chi connectivity index (χ3n) is 6.56. The number of aliphatic hydroxyl groups is 1. The Labute approximate surface area is 263 Å². The van der Waals surface area contributed by atoms with E-state index in [1.165, 1.54) is 11.1 Å². The number of carbonyl (C=O) groups is 4. The van der Waals surface area contributed by atoms with Gasteiger partial charge in [0.25, 0.3) is 5.91 Å². The average molecular weight is 629 g/mol. The van der Waals surface area contributed by atoms with Crippen LogP contribution in [-0.2, 0) is 23.9 Å². The maximum absolute atomic E-state index is 13.7. The van der Waals surface area contributed by atoms with E-state index in [4.69, 9.17) is 19.4 Å².